The summed E-state index contributed by atoms with van der Waals surface area (Å²) in [6.45, 7) is 3.37. The van der Waals surface area contributed by atoms with Gasteiger partial charge in [-0.05, 0) is 6.08 Å². The lowest BCUT2D eigenvalue weighted by molar-refractivity contribution is 0.0663. The number of nitrogens with one attached hydrogen (secondary N) is 1. The number of guanidine groups is 1. The van der Waals surface area contributed by atoms with E-state index in [9.17, 15) is 0 Å². The van der Waals surface area contributed by atoms with Crippen molar-refractivity contribution in [3.8, 4) is 0 Å². The van der Waals surface area contributed by atoms with E-state index >= 15 is 0 Å². The predicted octanol–water partition coefficient (Wildman–Crippen LogP) is -0.617. The number of anilines is 1. The highest BCUT2D eigenvalue weighted by molar-refractivity contribution is 5.91. The molecular weight excluding hydrogens is 310 g/mol. The summed E-state index contributed by atoms with van der Waals surface area (Å²) in [6.07, 6.45) is 5.78. The van der Waals surface area contributed by atoms with Gasteiger partial charge in [-0.3, -0.25) is 0 Å². The third kappa shape index (κ3) is 3.81. The maximum atomic E-state index is 6.49. The van der Waals surface area contributed by atoms with Crippen LogP contribution in [-0.2, 0) is 9.47 Å². The average molecular weight is 333 g/mol. The van der Waals surface area contributed by atoms with Gasteiger partial charge in [0.15, 0.2) is 0 Å². The molecule has 0 bridgehead atoms. The molecule has 9 heteroatoms. The van der Waals surface area contributed by atoms with Crippen LogP contribution in [-0.4, -0.2) is 66.5 Å². The van der Waals surface area contributed by atoms with E-state index in [1.165, 1.54) is 0 Å². The van der Waals surface area contributed by atoms with Crippen LogP contribution >= 0.6 is 0 Å². The van der Waals surface area contributed by atoms with Gasteiger partial charge in [-0.1, -0.05) is 0 Å². The largest absolute Gasteiger partial charge is 0.385 e. The molecule has 0 aliphatic carbocycles. The molecule has 5 N–H and O–H groups in total. The van der Waals surface area contributed by atoms with Gasteiger partial charge in [-0.15, -0.1) is 0 Å². The summed E-state index contributed by atoms with van der Waals surface area (Å²) in [7, 11) is 1.65. The Kier molecular flexibility index (Phi) is 4.93. The first-order valence-electron chi connectivity index (χ1n) is 7.88. The van der Waals surface area contributed by atoms with Crippen molar-refractivity contribution in [3.63, 3.8) is 0 Å². The highest BCUT2D eigenvalue weighted by Crippen LogP contribution is 2.23. The highest BCUT2D eigenvalue weighted by atomic mass is 16.5. The van der Waals surface area contributed by atoms with Gasteiger partial charge in [-0.25, -0.2) is 15.0 Å². The molecule has 0 saturated carbocycles. The number of nitrogens with zero attached hydrogens (tertiary/aromatic N) is 4. The molecule has 24 heavy (non-hydrogen) atoms. The SMILES string of the molecule is COCCC1(N)C=C(c2cnc(N)nc2)NC(N2CCOCC2)=N1. The molecule has 1 saturated heterocycles. The molecular formula is C15H23N7O2. The maximum Gasteiger partial charge on any atom is 0.219 e. The van der Waals surface area contributed by atoms with Gasteiger partial charge in [0.2, 0.25) is 11.9 Å². The number of nitrogens with two attached hydrogens (primary N) is 2. The average Bonchev–Trinajstić information content (AvgIpc) is 2.61. The summed E-state index contributed by atoms with van der Waals surface area (Å²) in [6, 6.07) is 0. The van der Waals surface area contributed by atoms with Crippen LogP contribution in [0.1, 0.15) is 12.0 Å². The summed E-state index contributed by atoms with van der Waals surface area (Å²) >= 11 is 0. The first-order valence-corrected chi connectivity index (χ1v) is 7.88. The van der Waals surface area contributed by atoms with E-state index in [2.05, 4.69) is 20.2 Å². The van der Waals surface area contributed by atoms with Crippen molar-refractivity contribution in [2.45, 2.75) is 12.1 Å². The Morgan fingerprint density at radius 3 is 2.71 bits per heavy atom. The minimum absolute atomic E-state index is 0.232. The predicted molar refractivity (Wildman–Crippen MR) is 90.8 cm³/mol. The second-order valence-electron chi connectivity index (χ2n) is 5.78. The van der Waals surface area contributed by atoms with Gasteiger partial charge < -0.3 is 31.2 Å². The van der Waals surface area contributed by atoms with Crippen LogP contribution in [0.5, 0.6) is 0 Å². The van der Waals surface area contributed by atoms with Gasteiger partial charge in [0.25, 0.3) is 0 Å². The Labute approximate surface area is 140 Å². The lowest BCUT2D eigenvalue weighted by Crippen LogP contribution is -2.52. The second-order valence-corrected chi connectivity index (χ2v) is 5.78. The fourth-order valence-corrected chi connectivity index (χ4v) is 2.62. The number of hydrogen-bond donors (Lipinski definition) is 3. The molecule has 9 nitrogen and oxygen atoms in total. The van der Waals surface area contributed by atoms with Gasteiger partial charge >= 0.3 is 0 Å². The first kappa shape index (κ1) is 16.6. The lowest BCUT2D eigenvalue weighted by atomic mass is 10.0. The van der Waals surface area contributed by atoms with Crippen molar-refractivity contribution in [2.24, 2.45) is 10.7 Å². The van der Waals surface area contributed by atoms with Gasteiger partial charge in [0, 0.05) is 44.6 Å². The Morgan fingerprint density at radius 1 is 1.33 bits per heavy atom. The van der Waals surface area contributed by atoms with Crippen LogP contribution in [0.3, 0.4) is 0 Å². The molecule has 1 aromatic heterocycles. The zero-order valence-corrected chi connectivity index (χ0v) is 13.7. The fraction of sp³-hybridized carbons (Fsp3) is 0.533. The Balaban J connectivity index is 1.89. The lowest BCUT2D eigenvalue weighted by Gasteiger charge is -2.36. The molecule has 3 heterocycles. The number of rotatable bonds is 4. The summed E-state index contributed by atoms with van der Waals surface area (Å²) in [5, 5.41) is 3.33. The Bertz CT molecular complexity index is 625. The molecule has 1 unspecified atom stereocenters. The Morgan fingerprint density at radius 2 is 2.04 bits per heavy atom. The van der Waals surface area contributed by atoms with Crippen molar-refractivity contribution < 1.29 is 9.47 Å². The van der Waals surface area contributed by atoms with Crippen molar-refractivity contribution in [3.05, 3.63) is 24.0 Å². The van der Waals surface area contributed by atoms with Crippen molar-refractivity contribution in [1.82, 2.24) is 20.2 Å². The first-order chi connectivity index (χ1) is 11.6. The molecule has 2 aliphatic rings. The molecule has 0 amide bonds. The van der Waals surface area contributed by atoms with E-state index in [0.29, 0.717) is 26.2 Å². The van der Waals surface area contributed by atoms with E-state index in [0.717, 1.165) is 30.3 Å². The van der Waals surface area contributed by atoms with Gasteiger partial charge in [0.05, 0.1) is 25.5 Å². The minimum Gasteiger partial charge on any atom is -0.385 e. The molecule has 130 valence electrons. The van der Waals surface area contributed by atoms with Gasteiger partial charge in [0.1, 0.15) is 5.66 Å². The zero-order chi connectivity index (χ0) is 17.0. The third-order valence-corrected chi connectivity index (χ3v) is 3.95. The van der Waals surface area contributed by atoms with Crippen LogP contribution in [0.25, 0.3) is 5.70 Å². The van der Waals surface area contributed by atoms with Crippen LogP contribution in [0.15, 0.2) is 23.5 Å². The number of methoxy groups -OCH3 is 1. The number of ether oxygens (including phenoxy) is 2. The van der Waals surface area contributed by atoms with Crippen molar-refractivity contribution in [2.75, 3.05) is 45.8 Å². The molecule has 0 aromatic carbocycles. The van der Waals surface area contributed by atoms with Crippen molar-refractivity contribution in [1.29, 1.82) is 0 Å². The minimum atomic E-state index is -0.856. The standard InChI is InChI=1S/C15H23N7O2/c1-23-5-2-15(17)8-12(11-9-18-13(16)19-10-11)20-14(21-15)22-3-6-24-7-4-22/h8-10H,2-7,17H2,1H3,(H,20,21)(H2,16,18,19). The smallest absolute Gasteiger partial charge is 0.219 e. The molecule has 1 atom stereocenters. The maximum absolute atomic E-state index is 6.49. The molecule has 1 fully saturated rings. The summed E-state index contributed by atoms with van der Waals surface area (Å²) in [5.41, 5.74) is 12.8. The topological polar surface area (TPSA) is 124 Å². The molecule has 0 radical (unpaired) electrons. The third-order valence-electron chi connectivity index (χ3n) is 3.95. The number of nitrogen functional groups attached to an aromatic ring is 1. The zero-order valence-electron chi connectivity index (χ0n) is 13.7. The molecule has 2 aliphatic heterocycles. The molecule has 1 aromatic rings. The van der Waals surface area contributed by atoms with E-state index in [4.69, 9.17) is 25.9 Å². The van der Waals surface area contributed by atoms with Crippen LogP contribution in [0, 0.1) is 0 Å². The number of aromatic nitrogens is 2. The summed E-state index contributed by atoms with van der Waals surface area (Å²) < 4.78 is 10.6. The second kappa shape index (κ2) is 7.12. The van der Waals surface area contributed by atoms with Gasteiger partial charge in [-0.2, -0.15) is 0 Å². The van der Waals surface area contributed by atoms with E-state index in [1.807, 2.05) is 6.08 Å². The number of hydrogen-bond acceptors (Lipinski definition) is 9. The summed E-state index contributed by atoms with van der Waals surface area (Å²) in [5.74, 6) is 0.960. The van der Waals surface area contributed by atoms with Crippen LogP contribution in [0.4, 0.5) is 5.95 Å². The normalized spacial score (nSPS) is 24.2. The van der Waals surface area contributed by atoms with Crippen molar-refractivity contribution >= 4 is 17.6 Å². The molecule has 0 spiro atoms. The monoisotopic (exact) mass is 333 g/mol. The summed E-state index contributed by atoms with van der Waals surface area (Å²) in [4.78, 5) is 14.9. The number of morpholine rings is 1. The van der Waals surface area contributed by atoms with Crippen LogP contribution < -0.4 is 16.8 Å². The van der Waals surface area contributed by atoms with E-state index in [-0.39, 0.29) is 5.95 Å². The van der Waals surface area contributed by atoms with Crippen LogP contribution in [0.2, 0.25) is 0 Å². The number of aliphatic imine (C=N–C) groups is 1. The molecule has 3 rings (SSSR count). The quantitative estimate of drug-likeness (QED) is 0.666. The highest BCUT2D eigenvalue weighted by Gasteiger charge is 2.30. The van der Waals surface area contributed by atoms with E-state index in [1.54, 1.807) is 19.5 Å². The fourth-order valence-electron chi connectivity index (χ4n) is 2.62. The van der Waals surface area contributed by atoms with E-state index < -0.39 is 5.66 Å². The Hall–Kier alpha value is -2.23.